The molecule has 3 aromatic carbocycles. The summed E-state index contributed by atoms with van der Waals surface area (Å²) in [5.41, 5.74) is 6.19. The van der Waals surface area contributed by atoms with Gasteiger partial charge in [-0.3, -0.25) is 0 Å². The number of aromatic nitrogens is 1. The molecular formula is C23H20NO+. The molecule has 2 heterocycles. The summed E-state index contributed by atoms with van der Waals surface area (Å²) in [4.78, 5) is 0. The zero-order valence-electron chi connectivity index (χ0n) is 15.0. The molecule has 0 saturated carbocycles. The molecule has 0 spiro atoms. The Kier molecular flexibility index (Phi) is 2.79. The Morgan fingerprint density at radius 2 is 1.60 bits per heavy atom. The number of hydrogen-bond donors (Lipinski definition) is 0. The van der Waals surface area contributed by atoms with Crippen LogP contribution in [0.2, 0.25) is 0 Å². The topological polar surface area (TPSA) is 13.1 Å². The molecule has 0 saturated heterocycles. The second kappa shape index (κ2) is 4.82. The Labute approximate surface area is 147 Å². The lowest BCUT2D eigenvalue weighted by molar-refractivity contribution is -0.659. The number of pyridine rings is 1. The number of fused-ring (bicyclic) bond motifs is 3. The third-order valence-corrected chi connectivity index (χ3v) is 5.47. The molecule has 0 bridgehead atoms. The standard InChI is InChI=1S/C23H20NO/c1-13-11-16-9-10-24(4)22-20-14(2)17-7-5-6-8-18(17)15(3)23(20)25-19(12-13)21(16)22/h5-12H,1-4H3/q+1. The van der Waals surface area contributed by atoms with Crippen LogP contribution >= 0.6 is 0 Å². The van der Waals surface area contributed by atoms with E-state index in [0.717, 1.165) is 11.5 Å². The molecule has 5 rings (SSSR count). The van der Waals surface area contributed by atoms with E-state index in [4.69, 9.17) is 4.74 Å². The number of rotatable bonds is 0. The Balaban J connectivity index is 2.05. The van der Waals surface area contributed by atoms with Gasteiger partial charge in [0.1, 0.15) is 18.5 Å². The molecule has 0 fully saturated rings. The number of ether oxygens (including phenoxy) is 1. The van der Waals surface area contributed by atoms with Crippen LogP contribution in [0.1, 0.15) is 16.7 Å². The second-order valence-corrected chi connectivity index (χ2v) is 7.10. The van der Waals surface area contributed by atoms with Gasteiger partial charge < -0.3 is 4.74 Å². The van der Waals surface area contributed by atoms with Gasteiger partial charge in [0.15, 0.2) is 6.20 Å². The van der Waals surface area contributed by atoms with Crippen molar-refractivity contribution in [1.29, 1.82) is 0 Å². The maximum atomic E-state index is 6.49. The minimum absolute atomic E-state index is 0.964. The third kappa shape index (κ3) is 1.82. The van der Waals surface area contributed by atoms with Crippen molar-refractivity contribution in [2.24, 2.45) is 7.05 Å². The molecule has 0 radical (unpaired) electrons. The van der Waals surface area contributed by atoms with Gasteiger partial charge in [-0.1, -0.05) is 30.3 Å². The zero-order chi connectivity index (χ0) is 17.3. The summed E-state index contributed by atoms with van der Waals surface area (Å²) in [5, 5.41) is 5.01. The van der Waals surface area contributed by atoms with Gasteiger partial charge in [-0.05, 0) is 54.1 Å². The van der Waals surface area contributed by atoms with Gasteiger partial charge in [-0.15, -0.1) is 0 Å². The normalized spacial score (nSPS) is 12.3. The van der Waals surface area contributed by atoms with Crippen LogP contribution in [0, 0.1) is 20.8 Å². The van der Waals surface area contributed by atoms with Gasteiger partial charge >= 0.3 is 0 Å². The van der Waals surface area contributed by atoms with Crippen LogP contribution in [-0.4, -0.2) is 0 Å². The van der Waals surface area contributed by atoms with Gasteiger partial charge in [0, 0.05) is 11.6 Å². The molecule has 1 aliphatic rings. The fourth-order valence-corrected chi connectivity index (χ4v) is 4.26. The van der Waals surface area contributed by atoms with Crippen LogP contribution in [0.25, 0.3) is 32.8 Å². The number of aryl methyl sites for hydroxylation is 4. The van der Waals surface area contributed by atoms with E-state index in [-0.39, 0.29) is 0 Å². The number of hydrogen-bond acceptors (Lipinski definition) is 1. The third-order valence-electron chi connectivity index (χ3n) is 5.47. The van der Waals surface area contributed by atoms with Crippen LogP contribution < -0.4 is 9.30 Å². The molecule has 2 heteroatoms. The van der Waals surface area contributed by atoms with E-state index in [0.29, 0.717) is 0 Å². The molecular weight excluding hydrogens is 306 g/mol. The van der Waals surface area contributed by atoms with E-state index in [1.54, 1.807) is 0 Å². The van der Waals surface area contributed by atoms with E-state index in [1.165, 1.54) is 49.5 Å². The maximum Gasteiger partial charge on any atom is 0.228 e. The fourth-order valence-electron chi connectivity index (χ4n) is 4.26. The van der Waals surface area contributed by atoms with E-state index in [1.807, 2.05) is 0 Å². The fraction of sp³-hybridized carbons (Fsp3) is 0.174. The molecule has 25 heavy (non-hydrogen) atoms. The lowest BCUT2D eigenvalue weighted by Crippen LogP contribution is -2.32. The summed E-state index contributed by atoms with van der Waals surface area (Å²) in [6, 6.07) is 15.2. The van der Waals surface area contributed by atoms with Crippen molar-refractivity contribution in [3.63, 3.8) is 0 Å². The van der Waals surface area contributed by atoms with E-state index in [9.17, 15) is 0 Å². The minimum Gasteiger partial charge on any atom is -0.455 e. The van der Waals surface area contributed by atoms with E-state index in [2.05, 4.69) is 81.0 Å². The van der Waals surface area contributed by atoms with Crippen molar-refractivity contribution >= 4 is 21.5 Å². The van der Waals surface area contributed by atoms with Gasteiger partial charge in [0.25, 0.3) is 0 Å². The lowest BCUT2D eigenvalue weighted by atomic mass is 9.89. The first-order valence-corrected chi connectivity index (χ1v) is 8.69. The molecule has 2 nitrogen and oxygen atoms in total. The Morgan fingerprint density at radius 1 is 0.880 bits per heavy atom. The quantitative estimate of drug-likeness (QED) is 0.342. The monoisotopic (exact) mass is 326 g/mol. The van der Waals surface area contributed by atoms with Gasteiger partial charge in [0.2, 0.25) is 5.69 Å². The van der Waals surface area contributed by atoms with Crippen molar-refractivity contribution in [3.8, 4) is 22.8 Å². The average Bonchev–Trinajstić information content (AvgIpc) is 2.61. The predicted molar refractivity (Wildman–Crippen MR) is 102 cm³/mol. The SMILES string of the molecule is Cc1cc2c3c([n+](C)ccc3c1)-c1c(c(C)c3ccccc3c1C)O2. The highest BCUT2D eigenvalue weighted by Gasteiger charge is 2.31. The van der Waals surface area contributed by atoms with Crippen LogP contribution in [0.15, 0.2) is 48.7 Å². The van der Waals surface area contributed by atoms with Crippen LogP contribution in [-0.2, 0) is 7.05 Å². The molecule has 0 aliphatic carbocycles. The van der Waals surface area contributed by atoms with E-state index >= 15 is 0 Å². The highest BCUT2D eigenvalue weighted by molar-refractivity contribution is 6.06. The molecule has 1 aliphatic heterocycles. The van der Waals surface area contributed by atoms with Crippen molar-refractivity contribution in [2.75, 3.05) is 0 Å². The van der Waals surface area contributed by atoms with Gasteiger partial charge in [0.05, 0.1) is 10.9 Å². The average molecular weight is 326 g/mol. The summed E-state index contributed by atoms with van der Waals surface area (Å²) in [6.45, 7) is 6.50. The molecule has 1 aromatic heterocycles. The van der Waals surface area contributed by atoms with Crippen LogP contribution in [0.4, 0.5) is 0 Å². The summed E-state index contributed by atoms with van der Waals surface area (Å²) < 4.78 is 8.72. The van der Waals surface area contributed by atoms with Crippen molar-refractivity contribution in [1.82, 2.24) is 0 Å². The first-order valence-electron chi connectivity index (χ1n) is 8.69. The highest BCUT2D eigenvalue weighted by atomic mass is 16.5. The minimum atomic E-state index is 0.964. The summed E-state index contributed by atoms with van der Waals surface area (Å²) >= 11 is 0. The van der Waals surface area contributed by atoms with Crippen molar-refractivity contribution in [2.45, 2.75) is 20.8 Å². The Morgan fingerprint density at radius 3 is 2.36 bits per heavy atom. The first kappa shape index (κ1) is 14.5. The first-order chi connectivity index (χ1) is 12.1. The summed E-state index contributed by atoms with van der Waals surface area (Å²) in [5.74, 6) is 1.96. The molecule has 0 amide bonds. The number of nitrogens with zero attached hydrogens (tertiary/aromatic N) is 1. The Hall–Kier alpha value is -2.87. The maximum absolute atomic E-state index is 6.49. The van der Waals surface area contributed by atoms with E-state index < -0.39 is 0 Å². The van der Waals surface area contributed by atoms with Gasteiger partial charge in [-0.2, -0.15) is 0 Å². The second-order valence-electron chi connectivity index (χ2n) is 7.10. The summed E-state index contributed by atoms with van der Waals surface area (Å²) in [6.07, 6.45) is 2.15. The molecule has 0 N–H and O–H groups in total. The molecule has 0 unspecified atom stereocenters. The van der Waals surface area contributed by atoms with Crippen molar-refractivity contribution in [3.05, 3.63) is 65.4 Å². The largest absolute Gasteiger partial charge is 0.455 e. The van der Waals surface area contributed by atoms with Crippen molar-refractivity contribution < 1.29 is 9.30 Å². The molecule has 122 valence electrons. The predicted octanol–water partition coefficient (Wildman–Crippen LogP) is 5.52. The molecule has 4 aromatic rings. The van der Waals surface area contributed by atoms with Crippen LogP contribution in [0.5, 0.6) is 11.5 Å². The van der Waals surface area contributed by atoms with Gasteiger partial charge in [-0.25, -0.2) is 4.57 Å². The highest BCUT2D eigenvalue weighted by Crippen LogP contribution is 2.50. The number of benzene rings is 3. The molecule has 0 atom stereocenters. The summed E-state index contributed by atoms with van der Waals surface area (Å²) in [7, 11) is 2.12. The van der Waals surface area contributed by atoms with Crippen LogP contribution in [0.3, 0.4) is 0 Å². The Bertz CT molecular complexity index is 1200. The zero-order valence-corrected chi connectivity index (χ0v) is 15.0. The lowest BCUT2D eigenvalue weighted by Gasteiger charge is -2.24. The smallest absolute Gasteiger partial charge is 0.228 e.